The van der Waals surface area contributed by atoms with Crippen molar-refractivity contribution in [2.24, 2.45) is 5.16 Å². The largest absolute Gasteiger partial charge is 0.331 e. The number of hydrogen-bond donors (Lipinski definition) is 0. The van der Waals surface area contributed by atoms with Gasteiger partial charge in [-0.05, 0) is 11.1 Å². The molecule has 3 aromatic carbocycles. The van der Waals surface area contributed by atoms with Crippen molar-refractivity contribution in [3.8, 4) is 0 Å². The van der Waals surface area contributed by atoms with Crippen LogP contribution in [0.3, 0.4) is 0 Å². The fourth-order valence-electron chi connectivity index (χ4n) is 2.79. The molecule has 3 heteroatoms. The normalized spacial score (nSPS) is 11.4. The van der Waals surface area contributed by atoms with Gasteiger partial charge in [-0.15, -0.1) is 0 Å². The van der Waals surface area contributed by atoms with Crippen molar-refractivity contribution >= 4 is 11.7 Å². The highest BCUT2D eigenvalue weighted by Gasteiger charge is 2.23. The van der Waals surface area contributed by atoms with Crippen molar-refractivity contribution in [1.82, 2.24) is 0 Å². The molecule has 0 aliphatic rings. The van der Waals surface area contributed by atoms with E-state index in [2.05, 4.69) is 29.4 Å². The first-order chi connectivity index (χ1) is 12.3. The zero-order chi connectivity index (χ0) is 17.5. The lowest BCUT2D eigenvalue weighted by Crippen LogP contribution is -2.17. The predicted octanol–water partition coefficient (Wildman–Crippen LogP) is 4.79. The zero-order valence-corrected chi connectivity index (χ0v) is 14.0. The third-order valence-corrected chi connectivity index (χ3v) is 3.88. The molecule has 0 aliphatic carbocycles. The monoisotopic (exact) mass is 329 g/mol. The van der Waals surface area contributed by atoms with E-state index >= 15 is 0 Å². The summed E-state index contributed by atoms with van der Waals surface area (Å²) in [6, 6.07) is 30.0. The molecule has 3 nitrogen and oxygen atoms in total. The van der Waals surface area contributed by atoms with E-state index in [0.717, 1.165) is 16.7 Å². The summed E-state index contributed by atoms with van der Waals surface area (Å²) in [5.41, 5.74) is 3.79. The zero-order valence-electron chi connectivity index (χ0n) is 14.0. The maximum Gasteiger partial charge on any atom is 0.331 e. The van der Waals surface area contributed by atoms with Crippen LogP contribution in [0.2, 0.25) is 0 Å². The number of carbonyl (C=O) groups is 1. The summed E-state index contributed by atoms with van der Waals surface area (Å²) in [5.74, 6) is -0.572. The average molecular weight is 329 g/mol. The second kappa shape index (κ2) is 8.06. The van der Waals surface area contributed by atoms with E-state index < -0.39 is 5.97 Å². The summed E-state index contributed by atoms with van der Waals surface area (Å²) in [6.07, 6.45) is 0. The van der Waals surface area contributed by atoms with E-state index in [-0.39, 0.29) is 5.92 Å². The van der Waals surface area contributed by atoms with Crippen molar-refractivity contribution in [1.29, 1.82) is 0 Å². The van der Waals surface area contributed by atoms with Gasteiger partial charge >= 0.3 is 5.97 Å². The Balaban J connectivity index is 2.16. The molecule has 0 radical (unpaired) electrons. The molecule has 0 saturated carbocycles. The second-order valence-electron chi connectivity index (χ2n) is 5.68. The minimum absolute atomic E-state index is 0.135. The van der Waals surface area contributed by atoms with Gasteiger partial charge in [-0.3, -0.25) is 0 Å². The third-order valence-electron chi connectivity index (χ3n) is 3.88. The van der Waals surface area contributed by atoms with Crippen molar-refractivity contribution in [3.63, 3.8) is 0 Å². The summed E-state index contributed by atoms with van der Waals surface area (Å²) in [4.78, 5) is 16.4. The Morgan fingerprint density at radius 3 is 1.64 bits per heavy atom. The topological polar surface area (TPSA) is 38.7 Å². The molecule has 0 saturated heterocycles. The van der Waals surface area contributed by atoms with Crippen LogP contribution in [0.15, 0.2) is 96.2 Å². The molecule has 3 rings (SSSR count). The van der Waals surface area contributed by atoms with E-state index in [1.54, 1.807) is 0 Å². The molecule has 0 amide bonds. The lowest BCUT2D eigenvalue weighted by Gasteiger charge is -2.20. The molecular formula is C22H19NO2. The van der Waals surface area contributed by atoms with Crippen LogP contribution in [0.5, 0.6) is 0 Å². The smallest absolute Gasteiger partial charge is 0.318 e. The average Bonchev–Trinajstić information content (AvgIpc) is 2.67. The van der Waals surface area contributed by atoms with Crippen LogP contribution in [0, 0.1) is 0 Å². The number of rotatable bonds is 5. The van der Waals surface area contributed by atoms with E-state index in [1.807, 2.05) is 66.7 Å². The molecular weight excluding hydrogens is 310 g/mol. The van der Waals surface area contributed by atoms with Crippen LogP contribution < -0.4 is 0 Å². The second-order valence-corrected chi connectivity index (χ2v) is 5.68. The summed E-state index contributed by atoms with van der Waals surface area (Å²) < 4.78 is 0. The van der Waals surface area contributed by atoms with Crippen molar-refractivity contribution in [2.45, 2.75) is 12.8 Å². The van der Waals surface area contributed by atoms with Crippen LogP contribution in [-0.2, 0) is 9.63 Å². The molecule has 0 aromatic heterocycles. The van der Waals surface area contributed by atoms with Gasteiger partial charge in [-0.25, -0.2) is 4.79 Å². The summed E-state index contributed by atoms with van der Waals surface area (Å²) in [5, 5.41) is 4.21. The molecule has 0 unspecified atom stereocenters. The number of benzene rings is 3. The standard InChI is InChI=1S/C22H19NO2/c1-17(24)25-23-22(20-15-9-4-10-16-20)21(18-11-5-2-6-12-18)19-13-7-3-8-14-19/h2-16,21H,1H3/b23-22+. The van der Waals surface area contributed by atoms with Crippen LogP contribution in [-0.4, -0.2) is 11.7 Å². The summed E-state index contributed by atoms with van der Waals surface area (Å²) in [6.45, 7) is 1.35. The Kier molecular flexibility index (Phi) is 5.37. The highest BCUT2D eigenvalue weighted by molar-refractivity contribution is 6.07. The molecule has 25 heavy (non-hydrogen) atoms. The quantitative estimate of drug-likeness (QED) is 0.384. The SMILES string of the molecule is CC(=O)O/N=C(\c1ccccc1)C(c1ccccc1)c1ccccc1. The van der Waals surface area contributed by atoms with Gasteiger partial charge in [0.1, 0.15) is 0 Å². The molecule has 0 spiro atoms. The Labute approximate surface area is 147 Å². The molecule has 0 N–H and O–H groups in total. The Morgan fingerprint density at radius 1 is 0.760 bits per heavy atom. The van der Waals surface area contributed by atoms with Gasteiger partial charge in [0.15, 0.2) is 0 Å². The van der Waals surface area contributed by atoms with Gasteiger partial charge in [0.25, 0.3) is 0 Å². The van der Waals surface area contributed by atoms with Gasteiger partial charge in [0.2, 0.25) is 0 Å². The van der Waals surface area contributed by atoms with Gasteiger partial charge in [-0.2, -0.15) is 0 Å². The van der Waals surface area contributed by atoms with Crippen molar-refractivity contribution < 1.29 is 9.63 Å². The lowest BCUT2D eigenvalue weighted by molar-refractivity contribution is -0.140. The first kappa shape index (κ1) is 16.7. The Bertz CT molecular complexity index is 803. The molecule has 0 bridgehead atoms. The Morgan fingerprint density at radius 2 is 1.20 bits per heavy atom. The molecule has 0 atom stereocenters. The molecule has 0 fully saturated rings. The maximum atomic E-state index is 11.3. The van der Waals surface area contributed by atoms with E-state index in [4.69, 9.17) is 4.84 Å². The first-order valence-electron chi connectivity index (χ1n) is 8.16. The maximum absolute atomic E-state index is 11.3. The fraction of sp³-hybridized carbons (Fsp3) is 0.0909. The highest BCUT2D eigenvalue weighted by atomic mass is 16.7. The summed E-state index contributed by atoms with van der Waals surface area (Å²) >= 11 is 0. The number of carbonyl (C=O) groups excluding carboxylic acids is 1. The minimum atomic E-state index is -0.437. The van der Waals surface area contributed by atoms with Gasteiger partial charge < -0.3 is 4.84 Å². The molecule has 3 aromatic rings. The fourth-order valence-corrected chi connectivity index (χ4v) is 2.79. The highest BCUT2D eigenvalue weighted by Crippen LogP contribution is 2.29. The van der Waals surface area contributed by atoms with E-state index in [9.17, 15) is 4.79 Å². The van der Waals surface area contributed by atoms with E-state index in [1.165, 1.54) is 6.92 Å². The molecule has 124 valence electrons. The van der Waals surface area contributed by atoms with E-state index in [0.29, 0.717) is 5.71 Å². The van der Waals surface area contributed by atoms with Crippen LogP contribution >= 0.6 is 0 Å². The Hall–Kier alpha value is -3.20. The van der Waals surface area contributed by atoms with Gasteiger partial charge in [-0.1, -0.05) is 96.2 Å². The summed E-state index contributed by atoms with van der Waals surface area (Å²) in [7, 11) is 0. The van der Waals surface area contributed by atoms with Gasteiger partial charge in [0, 0.05) is 12.5 Å². The van der Waals surface area contributed by atoms with Gasteiger partial charge in [0.05, 0.1) is 11.6 Å². The molecule has 0 aliphatic heterocycles. The van der Waals surface area contributed by atoms with Crippen molar-refractivity contribution in [3.05, 3.63) is 108 Å². The lowest BCUT2D eigenvalue weighted by atomic mass is 9.84. The van der Waals surface area contributed by atoms with Crippen molar-refractivity contribution in [2.75, 3.05) is 0 Å². The van der Waals surface area contributed by atoms with Crippen LogP contribution in [0.4, 0.5) is 0 Å². The number of oxime groups is 1. The third kappa shape index (κ3) is 4.21. The van der Waals surface area contributed by atoms with Crippen LogP contribution in [0.1, 0.15) is 29.5 Å². The number of nitrogens with zero attached hydrogens (tertiary/aromatic N) is 1. The number of hydrogen-bond acceptors (Lipinski definition) is 3. The first-order valence-corrected chi connectivity index (χ1v) is 8.16. The van der Waals surface area contributed by atoms with Crippen LogP contribution in [0.25, 0.3) is 0 Å². The predicted molar refractivity (Wildman–Crippen MR) is 99.5 cm³/mol. The minimum Gasteiger partial charge on any atom is -0.318 e. The molecule has 0 heterocycles.